The van der Waals surface area contributed by atoms with Crippen LogP contribution >= 0.6 is 0 Å². The summed E-state index contributed by atoms with van der Waals surface area (Å²) in [7, 11) is 1.76. The quantitative estimate of drug-likeness (QED) is 0.883. The maximum Gasteiger partial charge on any atom is 0.246 e. The van der Waals surface area contributed by atoms with Crippen molar-refractivity contribution < 1.29 is 9.53 Å². The zero-order valence-corrected chi connectivity index (χ0v) is 13.1. The van der Waals surface area contributed by atoms with Crippen molar-refractivity contribution in [2.75, 3.05) is 30.4 Å². The molecule has 122 valence electrons. The third-order valence-electron chi connectivity index (χ3n) is 3.92. The summed E-state index contributed by atoms with van der Waals surface area (Å²) >= 11 is 0. The Morgan fingerprint density at radius 2 is 2.22 bits per heavy atom. The van der Waals surface area contributed by atoms with Gasteiger partial charge in [-0.05, 0) is 47.5 Å². The van der Waals surface area contributed by atoms with E-state index in [0.717, 1.165) is 37.3 Å². The van der Waals surface area contributed by atoms with Crippen molar-refractivity contribution in [3.63, 3.8) is 0 Å². The molecule has 1 fully saturated rings. The molecule has 23 heavy (non-hydrogen) atoms. The number of carbonyl (C=O) groups is 1. The van der Waals surface area contributed by atoms with Gasteiger partial charge < -0.3 is 15.0 Å². The molecule has 3 rings (SSSR count). The highest BCUT2D eigenvalue weighted by molar-refractivity contribution is 5.90. The molecule has 8 nitrogen and oxygen atoms in total. The Morgan fingerprint density at radius 1 is 1.39 bits per heavy atom. The van der Waals surface area contributed by atoms with E-state index in [1.54, 1.807) is 7.11 Å². The summed E-state index contributed by atoms with van der Waals surface area (Å²) < 4.78 is 6.83. The highest BCUT2D eigenvalue weighted by atomic mass is 16.5. The fourth-order valence-corrected chi connectivity index (χ4v) is 2.72. The van der Waals surface area contributed by atoms with Gasteiger partial charge in [-0.15, -0.1) is 5.10 Å². The molecular formula is C15H20N6O2. The normalized spacial score (nSPS) is 18.0. The number of hydrogen-bond acceptors (Lipinski definition) is 6. The zero-order valence-electron chi connectivity index (χ0n) is 13.1. The van der Waals surface area contributed by atoms with Crippen LogP contribution in [0, 0.1) is 0 Å². The molecule has 1 aliphatic rings. The number of carbonyl (C=O) groups excluding carboxylic acids is 1. The number of aromatic nitrogens is 4. The number of nitrogens with zero attached hydrogens (tertiary/aromatic N) is 5. The SMILES string of the molecule is COC1CCCN(c2ccc(NC(=O)Cn3cnnn3)cc2)C1. The highest BCUT2D eigenvalue weighted by Crippen LogP contribution is 2.22. The fourth-order valence-electron chi connectivity index (χ4n) is 2.72. The van der Waals surface area contributed by atoms with Gasteiger partial charge in [0, 0.05) is 31.6 Å². The molecule has 0 bridgehead atoms. The molecule has 2 heterocycles. The molecule has 1 amide bonds. The van der Waals surface area contributed by atoms with E-state index in [9.17, 15) is 4.79 Å². The van der Waals surface area contributed by atoms with E-state index in [0.29, 0.717) is 6.10 Å². The number of nitrogens with one attached hydrogen (secondary N) is 1. The van der Waals surface area contributed by atoms with Crippen molar-refractivity contribution >= 4 is 17.3 Å². The maximum absolute atomic E-state index is 11.9. The van der Waals surface area contributed by atoms with Crippen molar-refractivity contribution in [1.29, 1.82) is 0 Å². The molecule has 1 unspecified atom stereocenters. The number of hydrogen-bond donors (Lipinski definition) is 1. The van der Waals surface area contributed by atoms with E-state index in [1.165, 1.54) is 11.0 Å². The van der Waals surface area contributed by atoms with Gasteiger partial charge in [0.15, 0.2) is 0 Å². The topological polar surface area (TPSA) is 85.2 Å². The van der Waals surface area contributed by atoms with Crippen molar-refractivity contribution in [2.24, 2.45) is 0 Å². The first-order valence-corrected chi connectivity index (χ1v) is 7.63. The molecular weight excluding hydrogens is 296 g/mol. The first-order valence-electron chi connectivity index (χ1n) is 7.63. The lowest BCUT2D eigenvalue weighted by Gasteiger charge is -2.33. The molecule has 8 heteroatoms. The lowest BCUT2D eigenvalue weighted by atomic mass is 10.1. The van der Waals surface area contributed by atoms with Gasteiger partial charge in [-0.2, -0.15) is 0 Å². The minimum absolute atomic E-state index is 0.0936. The maximum atomic E-state index is 11.9. The van der Waals surface area contributed by atoms with Crippen LogP contribution in [0.3, 0.4) is 0 Å². The number of rotatable bonds is 5. The molecule has 0 radical (unpaired) electrons. The Bertz CT molecular complexity index is 628. The summed E-state index contributed by atoms with van der Waals surface area (Å²) in [4.78, 5) is 14.2. The first-order chi connectivity index (χ1) is 11.2. The van der Waals surface area contributed by atoms with Crippen molar-refractivity contribution in [3.05, 3.63) is 30.6 Å². The monoisotopic (exact) mass is 316 g/mol. The van der Waals surface area contributed by atoms with Crippen LogP contribution < -0.4 is 10.2 Å². The second kappa shape index (κ2) is 7.19. The van der Waals surface area contributed by atoms with Crippen LogP contribution in [0.2, 0.25) is 0 Å². The van der Waals surface area contributed by atoms with Crippen LogP contribution in [0.1, 0.15) is 12.8 Å². The number of tetrazole rings is 1. The summed E-state index contributed by atoms with van der Waals surface area (Å²) in [6.45, 7) is 2.03. The van der Waals surface area contributed by atoms with Crippen molar-refractivity contribution in [2.45, 2.75) is 25.5 Å². The molecule has 1 aliphatic heterocycles. The fraction of sp³-hybridized carbons (Fsp3) is 0.467. The van der Waals surface area contributed by atoms with Crippen LogP contribution in [0.15, 0.2) is 30.6 Å². The molecule has 1 N–H and O–H groups in total. The molecule has 0 spiro atoms. The molecule has 0 aliphatic carbocycles. The Hall–Kier alpha value is -2.48. The number of methoxy groups -OCH3 is 1. The van der Waals surface area contributed by atoms with Gasteiger partial charge in [0.1, 0.15) is 12.9 Å². The minimum atomic E-state index is -0.164. The van der Waals surface area contributed by atoms with Crippen LogP contribution in [0.25, 0.3) is 0 Å². The smallest absolute Gasteiger partial charge is 0.246 e. The first kappa shape index (κ1) is 15.4. The van der Waals surface area contributed by atoms with E-state index in [4.69, 9.17) is 4.74 Å². The van der Waals surface area contributed by atoms with E-state index in [-0.39, 0.29) is 12.5 Å². The predicted molar refractivity (Wildman–Crippen MR) is 85.1 cm³/mol. The van der Waals surface area contributed by atoms with Crippen LogP contribution in [0.4, 0.5) is 11.4 Å². The highest BCUT2D eigenvalue weighted by Gasteiger charge is 2.19. The Morgan fingerprint density at radius 3 is 2.91 bits per heavy atom. The Labute approximate surface area is 134 Å². The van der Waals surface area contributed by atoms with Gasteiger partial charge in [-0.25, -0.2) is 4.68 Å². The minimum Gasteiger partial charge on any atom is -0.380 e. The van der Waals surface area contributed by atoms with Crippen molar-refractivity contribution in [1.82, 2.24) is 20.2 Å². The van der Waals surface area contributed by atoms with E-state index < -0.39 is 0 Å². The summed E-state index contributed by atoms with van der Waals surface area (Å²) in [5.41, 5.74) is 1.90. The van der Waals surface area contributed by atoms with Gasteiger partial charge in [0.25, 0.3) is 0 Å². The predicted octanol–water partition coefficient (Wildman–Crippen LogP) is 0.927. The zero-order chi connectivity index (χ0) is 16.1. The summed E-state index contributed by atoms with van der Waals surface area (Å²) in [6.07, 6.45) is 3.94. The molecule has 1 atom stereocenters. The average Bonchev–Trinajstić information content (AvgIpc) is 3.08. The van der Waals surface area contributed by atoms with Gasteiger partial charge in [-0.3, -0.25) is 4.79 Å². The number of piperidine rings is 1. The lowest BCUT2D eigenvalue weighted by Crippen LogP contribution is -2.39. The van der Waals surface area contributed by atoms with Gasteiger partial charge in [0.2, 0.25) is 5.91 Å². The third-order valence-corrected chi connectivity index (χ3v) is 3.92. The van der Waals surface area contributed by atoms with Gasteiger partial charge in [0.05, 0.1) is 6.10 Å². The van der Waals surface area contributed by atoms with Crippen LogP contribution in [-0.2, 0) is 16.1 Å². The molecule has 1 aromatic carbocycles. The molecule has 1 saturated heterocycles. The summed E-state index contributed by atoms with van der Waals surface area (Å²) in [5, 5.41) is 13.5. The Balaban J connectivity index is 1.57. The average molecular weight is 316 g/mol. The molecule has 2 aromatic rings. The van der Waals surface area contributed by atoms with Gasteiger partial charge >= 0.3 is 0 Å². The number of amides is 1. The Kier molecular flexibility index (Phi) is 4.82. The standard InChI is InChI=1S/C15H20N6O2/c1-23-14-3-2-8-20(9-14)13-6-4-12(5-7-13)17-15(22)10-21-11-16-18-19-21/h4-7,11,14H,2-3,8-10H2,1H3,(H,17,22). The van der Waals surface area contributed by atoms with E-state index >= 15 is 0 Å². The summed E-state index contributed by atoms with van der Waals surface area (Å²) in [5.74, 6) is -0.164. The summed E-state index contributed by atoms with van der Waals surface area (Å²) in [6, 6.07) is 7.85. The largest absolute Gasteiger partial charge is 0.380 e. The number of anilines is 2. The molecule has 0 saturated carbocycles. The second-order valence-electron chi connectivity index (χ2n) is 5.55. The van der Waals surface area contributed by atoms with Crippen molar-refractivity contribution in [3.8, 4) is 0 Å². The van der Waals surface area contributed by atoms with Crippen LogP contribution in [-0.4, -0.2) is 52.4 Å². The lowest BCUT2D eigenvalue weighted by molar-refractivity contribution is -0.116. The van der Waals surface area contributed by atoms with Crippen LogP contribution in [0.5, 0.6) is 0 Å². The molecule has 1 aromatic heterocycles. The number of ether oxygens (including phenoxy) is 1. The number of benzene rings is 1. The van der Waals surface area contributed by atoms with E-state index in [1.807, 2.05) is 24.3 Å². The van der Waals surface area contributed by atoms with Gasteiger partial charge in [-0.1, -0.05) is 0 Å². The second-order valence-corrected chi connectivity index (χ2v) is 5.55. The van der Waals surface area contributed by atoms with E-state index in [2.05, 4.69) is 25.7 Å². The third kappa shape index (κ3) is 4.04.